The molecule has 3 aromatic rings. The van der Waals surface area contributed by atoms with Crippen LogP contribution in [0.15, 0.2) is 59.6 Å². The lowest BCUT2D eigenvalue weighted by atomic mass is 10.2. The molecule has 0 bridgehead atoms. The Balaban J connectivity index is 0.00000363. The zero-order valence-corrected chi connectivity index (χ0v) is 20.6. The molecule has 0 atom stereocenters. The molecule has 0 radical (unpaired) electrons. The third kappa shape index (κ3) is 6.91. The van der Waals surface area contributed by atoms with Crippen LogP contribution in [0.3, 0.4) is 0 Å². The Hall–Kier alpha value is -2.69. The van der Waals surface area contributed by atoms with Gasteiger partial charge in [-0.1, -0.05) is 48.5 Å². The minimum atomic E-state index is -2.86. The van der Waals surface area contributed by atoms with E-state index in [1.807, 2.05) is 36.7 Å². The standard InChI is InChI=1S/C23H27F2N5O.HI/c1-16-20(17(2)30(29-16)15-18-9-5-4-6-10-18)14-28-23(26-3)27-13-19-11-7-8-12-21(19)31-22(24)25;/h4-12,22H,13-15H2,1-3H3,(H2,26,27,28);1H. The molecule has 0 saturated heterocycles. The predicted molar refractivity (Wildman–Crippen MR) is 133 cm³/mol. The van der Waals surface area contributed by atoms with Crippen LogP contribution in [0.5, 0.6) is 5.75 Å². The van der Waals surface area contributed by atoms with Crippen LogP contribution in [0.25, 0.3) is 0 Å². The Kier molecular flexibility index (Phi) is 9.89. The van der Waals surface area contributed by atoms with Crippen molar-refractivity contribution < 1.29 is 13.5 Å². The number of hydrogen-bond donors (Lipinski definition) is 2. The average Bonchev–Trinajstić information content (AvgIpc) is 3.02. The lowest BCUT2D eigenvalue weighted by Crippen LogP contribution is -2.36. The SMILES string of the molecule is CN=C(NCc1ccccc1OC(F)F)NCc1c(C)nn(Cc2ccccc2)c1C.I. The summed E-state index contributed by atoms with van der Waals surface area (Å²) in [4.78, 5) is 4.22. The van der Waals surface area contributed by atoms with Gasteiger partial charge in [0.15, 0.2) is 5.96 Å². The molecular weight excluding hydrogens is 527 g/mol. The Bertz CT molecular complexity index is 1020. The van der Waals surface area contributed by atoms with Crippen molar-refractivity contribution >= 4 is 29.9 Å². The van der Waals surface area contributed by atoms with Gasteiger partial charge in [0.2, 0.25) is 0 Å². The molecule has 0 aliphatic rings. The highest BCUT2D eigenvalue weighted by Crippen LogP contribution is 2.20. The largest absolute Gasteiger partial charge is 0.434 e. The fourth-order valence-electron chi connectivity index (χ4n) is 3.33. The monoisotopic (exact) mass is 555 g/mol. The summed E-state index contributed by atoms with van der Waals surface area (Å²) in [5.41, 5.74) is 4.94. The van der Waals surface area contributed by atoms with Gasteiger partial charge >= 0.3 is 6.61 Å². The van der Waals surface area contributed by atoms with Crippen molar-refractivity contribution in [2.75, 3.05) is 7.05 Å². The number of ether oxygens (including phenoxy) is 1. The van der Waals surface area contributed by atoms with Crippen LogP contribution in [-0.4, -0.2) is 29.4 Å². The molecule has 0 unspecified atom stereocenters. The van der Waals surface area contributed by atoms with Gasteiger partial charge in [-0.3, -0.25) is 9.67 Å². The van der Waals surface area contributed by atoms with Gasteiger partial charge in [-0.15, -0.1) is 24.0 Å². The molecular formula is C23H28F2IN5O. The van der Waals surface area contributed by atoms with Gasteiger partial charge in [0.05, 0.1) is 12.2 Å². The van der Waals surface area contributed by atoms with E-state index in [0.29, 0.717) is 31.2 Å². The number of nitrogens with one attached hydrogen (secondary N) is 2. The molecule has 172 valence electrons. The predicted octanol–water partition coefficient (Wildman–Crippen LogP) is 4.63. The van der Waals surface area contributed by atoms with Gasteiger partial charge in [-0.25, -0.2) is 0 Å². The molecule has 2 aromatic carbocycles. The topological polar surface area (TPSA) is 63.5 Å². The second-order valence-electron chi connectivity index (χ2n) is 7.06. The molecule has 2 N–H and O–H groups in total. The highest BCUT2D eigenvalue weighted by atomic mass is 127. The normalized spacial score (nSPS) is 11.2. The van der Waals surface area contributed by atoms with E-state index in [0.717, 1.165) is 17.0 Å². The minimum Gasteiger partial charge on any atom is -0.434 e. The van der Waals surface area contributed by atoms with Crippen molar-refractivity contribution in [1.29, 1.82) is 0 Å². The van der Waals surface area contributed by atoms with Gasteiger partial charge in [-0.2, -0.15) is 13.9 Å². The molecule has 32 heavy (non-hydrogen) atoms. The van der Waals surface area contributed by atoms with E-state index >= 15 is 0 Å². The van der Waals surface area contributed by atoms with Gasteiger partial charge < -0.3 is 15.4 Å². The van der Waals surface area contributed by atoms with E-state index in [1.54, 1.807) is 25.2 Å². The molecule has 1 aromatic heterocycles. The number of benzene rings is 2. The second kappa shape index (κ2) is 12.4. The van der Waals surface area contributed by atoms with Gasteiger partial charge in [0.25, 0.3) is 0 Å². The van der Waals surface area contributed by atoms with E-state index in [1.165, 1.54) is 11.6 Å². The van der Waals surface area contributed by atoms with Crippen molar-refractivity contribution in [1.82, 2.24) is 20.4 Å². The Morgan fingerprint density at radius 3 is 2.38 bits per heavy atom. The van der Waals surface area contributed by atoms with Crippen LogP contribution < -0.4 is 15.4 Å². The number of alkyl halides is 2. The average molecular weight is 555 g/mol. The number of aliphatic imine (C=N–C) groups is 1. The summed E-state index contributed by atoms with van der Waals surface area (Å²) in [6.07, 6.45) is 0. The van der Waals surface area contributed by atoms with Crippen LogP contribution in [-0.2, 0) is 19.6 Å². The maximum Gasteiger partial charge on any atom is 0.387 e. The number of halogens is 3. The summed E-state index contributed by atoms with van der Waals surface area (Å²) >= 11 is 0. The Labute approximate surface area is 204 Å². The summed E-state index contributed by atoms with van der Waals surface area (Å²) in [6.45, 7) is 2.72. The maximum atomic E-state index is 12.6. The molecule has 1 heterocycles. The molecule has 6 nitrogen and oxygen atoms in total. The van der Waals surface area contributed by atoms with Crippen molar-refractivity contribution in [2.45, 2.75) is 40.1 Å². The Morgan fingerprint density at radius 2 is 1.69 bits per heavy atom. The zero-order chi connectivity index (χ0) is 22.2. The van der Waals surface area contributed by atoms with Crippen LogP contribution in [0.1, 0.15) is 28.1 Å². The summed E-state index contributed by atoms with van der Waals surface area (Å²) < 4.78 is 31.8. The fraction of sp³-hybridized carbons (Fsp3) is 0.304. The molecule has 9 heteroatoms. The molecule has 3 rings (SSSR count). The lowest BCUT2D eigenvalue weighted by molar-refractivity contribution is -0.0504. The number of rotatable bonds is 8. The quantitative estimate of drug-likeness (QED) is 0.242. The second-order valence-corrected chi connectivity index (χ2v) is 7.06. The highest BCUT2D eigenvalue weighted by Gasteiger charge is 2.13. The number of nitrogens with zero attached hydrogens (tertiary/aromatic N) is 3. The first kappa shape index (κ1) is 25.6. The first-order valence-electron chi connectivity index (χ1n) is 10.0. The van der Waals surface area contributed by atoms with Crippen LogP contribution in [0, 0.1) is 13.8 Å². The highest BCUT2D eigenvalue weighted by molar-refractivity contribution is 14.0. The van der Waals surface area contributed by atoms with Crippen molar-refractivity contribution in [3.05, 3.63) is 82.7 Å². The van der Waals surface area contributed by atoms with Crippen LogP contribution >= 0.6 is 24.0 Å². The number of guanidine groups is 1. The van der Waals surface area contributed by atoms with Crippen molar-refractivity contribution in [3.8, 4) is 5.75 Å². The van der Waals surface area contributed by atoms with Crippen LogP contribution in [0.2, 0.25) is 0 Å². The van der Waals surface area contributed by atoms with Gasteiger partial charge in [0.1, 0.15) is 5.75 Å². The molecule has 0 aliphatic carbocycles. The van der Waals surface area contributed by atoms with E-state index < -0.39 is 6.61 Å². The molecule has 0 aliphatic heterocycles. The van der Waals surface area contributed by atoms with E-state index in [-0.39, 0.29) is 29.7 Å². The smallest absolute Gasteiger partial charge is 0.387 e. The van der Waals surface area contributed by atoms with E-state index in [9.17, 15) is 8.78 Å². The number of aromatic nitrogens is 2. The fourth-order valence-corrected chi connectivity index (χ4v) is 3.33. The van der Waals surface area contributed by atoms with E-state index in [4.69, 9.17) is 0 Å². The lowest BCUT2D eigenvalue weighted by Gasteiger charge is -2.14. The third-order valence-corrected chi connectivity index (χ3v) is 5.00. The number of para-hydroxylation sites is 1. The summed E-state index contributed by atoms with van der Waals surface area (Å²) in [7, 11) is 1.66. The first-order valence-corrected chi connectivity index (χ1v) is 10.0. The zero-order valence-electron chi connectivity index (χ0n) is 18.3. The summed E-state index contributed by atoms with van der Waals surface area (Å²) in [5, 5.41) is 11.1. The molecule has 0 fully saturated rings. The van der Waals surface area contributed by atoms with Crippen molar-refractivity contribution in [2.24, 2.45) is 4.99 Å². The third-order valence-electron chi connectivity index (χ3n) is 5.00. The molecule has 0 amide bonds. The molecule has 0 spiro atoms. The number of aryl methyl sites for hydroxylation is 1. The Morgan fingerprint density at radius 1 is 1.03 bits per heavy atom. The van der Waals surface area contributed by atoms with E-state index in [2.05, 4.69) is 37.6 Å². The van der Waals surface area contributed by atoms with Crippen LogP contribution in [0.4, 0.5) is 8.78 Å². The minimum absolute atomic E-state index is 0. The van der Waals surface area contributed by atoms with Gasteiger partial charge in [-0.05, 0) is 25.5 Å². The van der Waals surface area contributed by atoms with Crippen molar-refractivity contribution in [3.63, 3.8) is 0 Å². The number of hydrogen-bond acceptors (Lipinski definition) is 3. The first-order chi connectivity index (χ1) is 15.0. The summed E-state index contributed by atoms with van der Waals surface area (Å²) in [5.74, 6) is 0.704. The molecule has 0 saturated carbocycles. The van der Waals surface area contributed by atoms with Gasteiger partial charge in [0, 0.05) is 37.0 Å². The summed E-state index contributed by atoms with van der Waals surface area (Å²) in [6, 6.07) is 16.9. The maximum absolute atomic E-state index is 12.6.